The molecule has 1 aliphatic carbocycles. The number of unbranched alkanes of at least 4 members (excludes halogenated alkanes) is 3. The number of benzene rings is 2. The van der Waals surface area contributed by atoms with Crippen LogP contribution < -0.4 is 4.74 Å². The molecule has 2 aromatic carbocycles. The molecule has 2 nitrogen and oxygen atoms in total. The van der Waals surface area contributed by atoms with E-state index in [1.165, 1.54) is 55.2 Å². The molecular weight excluding hydrogens is 368 g/mol. The minimum absolute atomic E-state index is 0.141. The van der Waals surface area contributed by atoms with E-state index in [2.05, 4.69) is 44.2 Å². The van der Waals surface area contributed by atoms with E-state index in [1.54, 1.807) is 0 Å². The minimum atomic E-state index is -0.141. The third kappa shape index (κ3) is 6.58. The monoisotopic (exact) mass is 404 g/mol. The molecule has 1 atom stereocenters. The molecule has 0 heterocycles. The van der Waals surface area contributed by atoms with E-state index in [0.29, 0.717) is 12.2 Å². The Morgan fingerprint density at radius 2 is 1.50 bits per heavy atom. The summed E-state index contributed by atoms with van der Waals surface area (Å²) in [5.74, 6) is 1.37. The summed E-state index contributed by atoms with van der Waals surface area (Å²) in [5.41, 5.74) is 5.19. The number of hydrogen-bond donors (Lipinski definition) is 0. The molecule has 0 N–H and O–H groups in total. The Kier molecular flexibility index (Phi) is 8.74. The average molecular weight is 405 g/mol. The lowest BCUT2D eigenvalue weighted by Crippen LogP contribution is -2.07. The summed E-state index contributed by atoms with van der Waals surface area (Å²) in [6, 6.07) is 16.7. The SMILES string of the molecule is CCCCCC(=O)Oc1ccc(-c2ccc(C3=CCC(CCCC)CC3)cc2)cc1. The van der Waals surface area contributed by atoms with Crippen molar-refractivity contribution < 1.29 is 9.53 Å². The first-order valence-electron chi connectivity index (χ1n) is 11.8. The zero-order valence-corrected chi connectivity index (χ0v) is 18.7. The summed E-state index contributed by atoms with van der Waals surface area (Å²) in [6.07, 6.45) is 13.8. The molecule has 0 fully saturated rings. The van der Waals surface area contributed by atoms with Crippen molar-refractivity contribution in [3.63, 3.8) is 0 Å². The van der Waals surface area contributed by atoms with E-state index in [9.17, 15) is 4.79 Å². The van der Waals surface area contributed by atoms with Crippen LogP contribution in [0.1, 0.15) is 83.6 Å². The molecule has 2 aromatic rings. The minimum Gasteiger partial charge on any atom is -0.427 e. The van der Waals surface area contributed by atoms with E-state index in [4.69, 9.17) is 4.74 Å². The summed E-state index contributed by atoms with van der Waals surface area (Å²) in [5, 5.41) is 0. The molecule has 3 rings (SSSR count). The Labute approximate surface area is 182 Å². The van der Waals surface area contributed by atoms with Gasteiger partial charge in [-0.15, -0.1) is 0 Å². The van der Waals surface area contributed by atoms with Gasteiger partial charge in [0.2, 0.25) is 0 Å². The van der Waals surface area contributed by atoms with E-state index in [-0.39, 0.29) is 5.97 Å². The molecule has 0 radical (unpaired) electrons. The molecular formula is C28H36O2. The van der Waals surface area contributed by atoms with Gasteiger partial charge < -0.3 is 4.74 Å². The van der Waals surface area contributed by atoms with Crippen LogP contribution in [0.25, 0.3) is 16.7 Å². The normalized spacial score (nSPS) is 16.2. The summed E-state index contributed by atoms with van der Waals surface area (Å²) in [6.45, 7) is 4.41. The van der Waals surface area contributed by atoms with E-state index >= 15 is 0 Å². The van der Waals surface area contributed by atoms with E-state index in [1.807, 2.05) is 24.3 Å². The maximum atomic E-state index is 11.9. The number of carbonyl (C=O) groups excluding carboxylic acids is 1. The molecule has 0 spiro atoms. The van der Waals surface area contributed by atoms with Gasteiger partial charge in [-0.05, 0) is 66.0 Å². The zero-order valence-electron chi connectivity index (χ0n) is 18.7. The highest BCUT2D eigenvalue weighted by Gasteiger charge is 2.15. The van der Waals surface area contributed by atoms with Crippen LogP contribution in [0.15, 0.2) is 54.6 Å². The summed E-state index contributed by atoms with van der Waals surface area (Å²) in [7, 11) is 0. The lowest BCUT2D eigenvalue weighted by molar-refractivity contribution is -0.134. The fourth-order valence-electron chi connectivity index (χ4n) is 4.20. The van der Waals surface area contributed by atoms with Crippen molar-refractivity contribution in [3.05, 3.63) is 60.2 Å². The zero-order chi connectivity index (χ0) is 21.2. The molecule has 0 amide bonds. The molecule has 0 saturated heterocycles. The molecule has 30 heavy (non-hydrogen) atoms. The second-order valence-corrected chi connectivity index (χ2v) is 8.54. The number of rotatable bonds is 10. The Hall–Kier alpha value is -2.35. The standard InChI is InChI=1S/C28H36O2/c1-3-5-7-9-28(29)30-27-20-18-26(19-21-27)25-16-14-24(15-17-25)23-12-10-22(11-13-23)8-6-4-2/h12,14-22H,3-11,13H2,1-2H3. The van der Waals surface area contributed by atoms with Gasteiger partial charge in [-0.3, -0.25) is 4.79 Å². The Bertz CT molecular complexity index is 815. The van der Waals surface area contributed by atoms with Crippen LogP contribution >= 0.6 is 0 Å². The van der Waals surface area contributed by atoms with Crippen LogP contribution in [0.4, 0.5) is 0 Å². The molecule has 0 aliphatic heterocycles. The second-order valence-electron chi connectivity index (χ2n) is 8.54. The summed E-state index contributed by atoms with van der Waals surface area (Å²) < 4.78 is 5.44. The highest BCUT2D eigenvalue weighted by molar-refractivity contribution is 5.73. The van der Waals surface area contributed by atoms with Gasteiger partial charge in [0.05, 0.1) is 0 Å². The third-order valence-corrected chi connectivity index (χ3v) is 6.14. The first kappa shape index (κ1) is 22.3. The van der Waals surface area contributed by atoms with Gasteiger partial charge in [0.1, 0.15) is 5.75 Å². The number of carbonyl (C=O) groups is 1. The molecule has 1 aliphatic rings. The Morgan fingerprint density at radius 3 is 2.10 bits per heavy atom. The van der Waals surface area contributed by atoms with E-state index < -0.39 is 0 Å². The maximum Gasteiger partial charge on any atom is 0.311 e. The van der Waals surface area contributed by atoms with Crippen molar-refractivity contribution >= 4 is 11.5 Å². The molecule has 0 saturated carbocycles. The van der Waals surface area contributed by atoms with Gasteiger partial charge >= 0.3 is 5.97 Å². The van der Waals surface area contributed by atoms with Gasteiger partial charge in [0.25, 0.3) is 0 Å². The highest BCUT2D eigenvalue weighted by Crippen LogP contribution is 2.33. The first-order chi connectivity index (χ1) is 14.7. The average Bonchev–Trinajstić information content (AvgIpc) is 2.79. The Morgan fingerprint density at radius 1 is 0.867 bits per heavy atom. The fraction of sp³-hybridized carbons (Fsp3) is 0.464. The predicted molar refractivity (Wildman–Crippen MR) is 126 cm³/mol. The first-order valence-corrected chi connectivity index (χ1v) is 11.8. The fourth-order valence-corrected chi connectivity index (χ4v) is 4.20. The topological polar surface area (TPSA) is 26.3 Å². The summed E-state index contributed by atoms with van der Waals surface area (Å²) >= 11 is 0. The van der Waals surface area contributed by atoms with E-state index in [0.717, 1.165) is 30.7 Å². The summed E-state index contributed by atoms with van der Waals surface area (Å²) in [4.78, 5) is 11.9. The lowest BCUT2D eigenvalue weighted by Gasteiger charge is -2.22. The van der Waals surface area contributed by atoms with Crippen LogP contribution in [0.2, 0.25) is 0 Å². The number of ether oxygens (including phenoxy) is 1. The largest absolute Gasteiger partial charge is 0.427 e. The van der Waals surface area contributed by atoms with Gasteiger partial charge in [0, 0.05) is 6.42 Å². The van der Waals surface area contributed by atoms with Crippen molar-refractivity contribution in [2.24, 2.45) is 5.92 Å². The van der Waals surface area contributed by atoms with Gasteiger partial charge in [-0.1, -0.05) is 88.4 Å². The Balaban J connectivity index is 1.56. The maximum absolute atomic E-state index is 11.9. The molecule has 1 unspecified atom stereocenters. The van der Waals surface area contributed by atoms with Gasteiger partial charge in [0.15, 0.2) is 0 Å². The predicted octanol–water partition coefficient (Wildman–Crippen LogP) is 8.21. The van der Waals surface area contributed by atoms with Crippen LogP contribution in [0.3, 0.4) is 0 Å². The third-order valence-electron chi connectivity index (χ3n) is 6.14. The van der Waals surface area contributed by atoms with Crippen LogP contribution in [0.5, 0.6) is 5.75 Å². The number of esters is 1. The van der Waals surface area contributed by atoms with Crippen LogP contribution in [-0.4, -0.2) is 5.97 Å². The van der Waals surface area contributed by atoms with Crippen molar-refractivity contribution in [2.75, 3.05) is 0 Å². The van der Waals surface area contributed by atoms with Crippen molar-refractivity contribution in [1.82, 2.24) is 0 Å². The van der Waals surface area contributed by atoms with Crippen molar-refractivity contribution in [2.45, 2.75) is 78.1 Å². The van der Waals surface area contributed by atoms with Gasteiger partial charge in [-0.25, -0.2) is 0 Å². The van der Waals surface area contributed by atoms with Crippen LogP contribution in [-0.2, 0) is 4.79 Å². The lowest BCUT2D eigenvalue weighted by atomic mass is 9.84. The molecule has 0 bridgehead atoms. The number of allylic oxidation sites excluding steroid dienone is 2. The van der Waals surface area contributed by atoms with Crippen molar-refractivity contribution in [3.8, 4) is 16.9 Å². The molecule has 160 valence electrons. The van der Waals surface area contributed by atoms with Crippen LogP contribution in [0, 0.1) is 5.92 Å². The van der Waals surface area contributed by atoms with Crippen molar-refractivity contribution in [1.29, 1.82) is 0 Å². The smallest absolute Gasteiger partial charge is 0.311 e. The van der Waals surface area contributed by atoms with Gasteiger partial charge in [-0.2, -0.15) is 0 Å². The number of hydrogen-bond acceptors (Lipinski definition) is 2. The quantitative estimate of drug-likeness (QED) is 0.226. The second kappa shape index (κ2) is 11.7. The molecule has 0 aromatic heterocycles. The molecule has 2 heteroatoms. The highest BCUT2D eigenvalue weighted by atomic mass is 16.5.